The smallest absolute Gasteiger partial charge is 0.225 e. The monoisotopic (exact) mass is 250 g/mol. The third-order valence-electron chi connectivity index (χ3n) is 2.57. The summed E-state index contributed by atoms with van der Waals surface area (Å²) in [6, 6.07) is 9.89. The molecule has 0 aromatic heterocycles. The van der Waals surface area contributed by atoms with Gasteiger partial charge < -0.3 is 10.6 Å². The molecule has 2 N–H and O–H groups in total. The first-order valence-corrected chi connectivity index (χ1v) is 5.98. The van der Waals surface area contributed by atoms with Crippen LogP contribution in [-0.4, -0.2) is 22.8 Å². The molecule has 0 radical (unpaired) electrons. The number of rotatable bonds is 5. The molecule has 92 valence electrons. The minimum Gasteiger partial charge on any atom is -0.393 e. The van der Waals surface area contributed by atoms with Crippen molar-refractivity contribution < 1.29 is 4.79 Å². The molecule has 0 bridgehead atoms. The summed E-state index contributed by atoms with van der Waals surface area (Å²) in [5.74, 6) is -0.0807. The Morgan fingerprint density at radius 1 is 1.41 bits per heavy atom. The maximum absolute atomic E-state index is 12.0. The lowest BCUT2D eigenvalue weighted by Crippen LogP contribution is -2.33. The SMILES string of the molecule is CC(CC(N)=S)C(=O)N(C)Cc1ccccc1. The van der Waals surface area contributed by atoms with Crippen LogP contribution in [0.4, 0.5) is 0 Å². The summed E-state index contributed by atoms with van der Waals surface area (Å²) in [6.07, 6.45) is 0.466. The van der Waals surface area contributed by atoms with Crippen LogP contribution in [-0.2, 0) is 11.3 Å². The first kappa shape index (κ1) is 13.6. The molecule has 17 heavy (non-hydrogen) atoms. The van der Waals surface area contributed by atoms with Crippen molar-refractivity contribution in [1.29, 1.82) is 0 Å². The van der Waals surface area contributed by atoms with Crippen molar-refractivity contribution in [2.45, 2.75) is 19.9 Å². The van der Waals surface area contributed by atoms with Gasteiger partial charge in [-0.3, -0.25) is 4.79 Å². The summed E-state index contributed by atoms with van der Waals surface area (Å²) in [7, 11) is 1.80. The molecule has 0 aliphatic carbocycles. The highest BCUT2D eigenvalue weighted by Crippen LogP contribution is 2.09. The van der Waals surface area contributed by atoms with E-state index in [-0.39, 0.29) is 11.8 Å². The fraction of sp³-hybridized carbons (Fsp3) is 0.385. The van der Waals surface area contributed by atoms with Crippen LogP contribution in [0.15, 0.2) is 30.3 Å². The van der Waals surface area contributed by atoms with Crippen molar-refractivity contribution in [1.82, 2.24) is 4.90 Å². The van der Waals surface area contributed by atoms with Gasteiger partial charge in [0.2, 0.25) is 5.91 Å². The Kier molecular flexibility index (Phi) is 5.10. The molecule has 0 saturated heterocycles. The van der Waals surface area contributed by atoms with E-state index in [1.165, 1.54) is 0 Å². The summed E-state index contributed by atoms with van der Waals surface area (Å²) in [5.41, 5.74) is 6.56. The molecule has 0 aliphatic rings. The molecule has 0 spiro atoms. The Morgan fingerprint density at radius 3 is 2.53 bits per heavy atom. The number of hydrogen-bond donors (Lipinski definition) is 1. The number of amides is 1. The van der Waals surface area contributed by atoms with Gasteiger partial charge in [0.1, 0.15) is 0 Å². The maximum Gasteiger partial charge on any atom is 0.225 e. The van der Waals surface area contributed by atoms with Crippen LogP contribution < -0.4 is 5.73 Å². The second kappa shape index (κ2) is 6.35. The van der Waals surface area contributed by atoms with E-state index < -0.39 is 0 Å². The molecule has 1 aromatic rings. The lowest BCUT2D eigenvalue weighted by molar-refractivity contribution is -0.133. The first-order chi connectivity index (χ1) is 8.00. The highest BCUT2D eigenvalue weighted by molar-refractivity contribution is 7.80. The van der Waals surface area contributed by atoms with Crippen LogP contribution in [0.5, 0.6) is 0 Å². The Hall–Kier alpha value is -1.42. The van der Waals surface area contributed by atoms with Gasteiger partial charge in [-0.2, -0.15) is 0 Å². The normalized spacial score (nSPS) is 11.9. The summed E-state index contributed by atoms with van der Waals surface area (Å²) in [6.45, 7) is 2.46. The number of carbonyl (C=O) groups is 1. The Bertz CT molecular complexity index is 392. The molecule has 0 aliphatic heterocycles. The van der Waals surface area contributed by atoms with Crippen molar-refractivity contribution >= 4 is 23.1 Å². The molecule has 1 unspecified atom stereocenters. The van der Waals surface area contributed by atoms with Crippen molar-refractivity contribution in [3.8, 4) is 0 Å². The Balaban J connectivity index is 2.55. The minimum absolute atomic E-state index is 0.0710. The van der Waals surface area contributed by atoms with Crippen molar-refractivity contribution in [3.05, 3.63) is 35.9 Å². The molecular weight excluding hydrogens is 232 g/mol. The predicted octanol–water partition coefficient (Wildman–Crippen LogP) is 1.96. The zero-order chi connectivity index (χ0) is 12.8. The van der Waals surface area contributed by atoms with Crippen molar-refractivity contribution in [2.75, 3.05) is 7.05 Å². The third-order valence-corrected chi connectivity index (χ3v) is 2.73. The topological polar surface area (TPSA) is 46.3 Å². The first-order valence-electron chi connectivity index (χ1n) is 5.58. The zero-order valence-corrected chi connectivity index (χ0v) is 11.0. The number of hydrogen-bond acceptors (Lipinski definition) is 2. The van der Waals surface area contributed by atoms with Gasteiger partial charge in [0, 0.05) is 25.9 Å². The minimum atomic E-state index is -0.152. The Labute approximate surface area is 108 Å². The van der Waals surface area contributed by atoms with E-state index in [1.54, 1.807) is 11.9 Å². The van der Waals surface area contributed by atoms with Crippen LogP contribution in [0.3, 0.4) is 0 Å². The molecule has 1 amide bonds. The Morgan fingerprint density at radius 2 is 2.00 bits per heavy atom. The predicted molar refractivity (Wildman–Crippen MR) is 73.5 cm³/mol. The molecule has 3 nitrogen and oxygen atoms in total. The molecule has 1 rings (SSSR count). The fourth-order valence-electron chi connectivity index (χ4n) is 1.70. The number of thiocarbonyl (C=S) groups is 1. The molecule has 1 atom stereocenters. The largest absolute Gasteiger partial charge is 0.393 e. The van der Waals surface area contributed by atoms with Crippen LogP contribution in [0.1, 0.15) is 18.9 Å². The molecule has 4 heteroatoms. The van der Waals surface area contributed by atoms with Gasteiger partial charge in [-0.1, -0.05) is 49.5 Å². The molecule has 0 saturated carbocycles. The maximum atomic E-state index is 12.0. The lowest BCUT2D eigenvalue weighted by atomic mass is 10.1. The van der Waals surface area contributed by atoms with Gasteiger partial charge in [0.25, 0.3) is 0 Å². The molecule has 1 aromatic carbocycles. The van der Waals surface area contributed by atoms with E-state index in [1.807, 2.05) is 37.3 Å². The second-order valence-electron chi connectivity index (χ2n) is 4.25. The van der Waals surface area contributed by atoms with E-state index in [9.17, 15) is 4.79 Å². The summed E-state index contributed by atoms with van der Waals surface area (Å²) >= 11 is 4.81. The highest BCUT2D eigenvalue weighted by atomic mass is 32.1. The molecular formula is C13H18N2OS. The van der Waals surface area contributed by atoms with Crippen LogP contribution in [0, 0.1) is 5.92 Å². The third kappa shape index (κ3) is 4.53. The van der Waals surface area contributed by atoms with Gasteiger partial charge >= 0.3 is 0 Å². The van der Waals surface area contributed by atoms with Gasteiger partial charge in [-0.05, 0) is 5.56 Å². The van der Waals surface area contributed by atoms with Gasteiger partial charge in [-0.25, -0.2) is 0 Å². The number of benzene rings is 1. The number of nitrogens with two attached hydrogens (primary N) is 1. The average Bonchev–Trinajstić information content (AvgIpc) is 2.28. The summed E-state index contributed by atoms with van der Waals surface area (Å²) in [5, 5.41) is 0. The van der Waals surface area contributed by atoms with Crippen LogP contribution in [0.2, 0.25) is 0 Å². The van der Waals surface area contributed by atoms with E-state index in [4.69, 9.17) is 18.0 Å². The highest BCUT2D eigenvalue weighted by Gasteiger charge is 2.18. The number of nitrogens with zero attached hydrogens (tertiary/aromatic N) is 1. The van der Waals surface area contributed by atoms with E-state index >= 15 is 0 Å². The van der Waals surface area contributed by atoms with Gasteiger partial charge in [0.05, 0.1) is 4.99 Å². The summed E-state index contributed by atoms with van der Waals surface area (Å²) in [4.78, 5) is 14.1. The second-order valence-corrected chi connectivity index (χ2v) is 4.78. The standard InChI is InChI=1S/C13H18N2OS/c1-10(8-12(14)17)13(16)15(2)9-11-6-4-3-5-7-11/h3-7,10H,8-9H2,1-2H3,(H2,14,17). The quantitative estimate of drug-likeness (QED) is 0.813. The van der Waals surface area contributed by atoms with E-state index in [0.29, 0.717) is 18.0 Å². The van der Waals surface area contributed by atoms with Crippen molar-refractivity contribution in [2.24, 2.45) is 11.7 Å². The lowest BCUT2D eigenvalue weighted by Gasteiger charge is -2.21. The van der Waals surface area contributed by atoms with E-state index in [2.05, 4.69) is 0 Å². The van der Waals surface area contributed by atoms with Crippen molar-refractivity contribution in [3.63, 3.8) is 0 Å². The molecule has 0 heterocycles. The van der Waals surface area contributed by atoms with E-state index in [0.717, 1.165) is 5.56 Å². The summed E-state index contributed by atoms with van der Waals surface area (Å²) < 4.78 is 0. The average molecular weight is 250 g/mol. The van der Waals surface area contributed by atoms with Crippen LogP contribution in [0.25, 0.3) is 0 Å². The zero-order valence-electron chi connectivity index (χ0n) is 10.2. The number of carbonyl (C=O) groups excluding carboxylic acids is 1. The molecule has 0 fully saturated rings. The van der Waals surface area contributed by atoms with Crippen LogP contribution >= 0.6 is 12.2 Å². The fourth-order valence-corrected chi connectivity index (χ4v) is 1.95. The van der Waals surface area contributed by atoms with Gasteiger partial charge in [0.15, 0.2) is 0 Å². The van der Waals surface area contributed by atoms with Gasteiger partial charge in [-0.15, -0.1) is 0 Å².